The smallest absolute Gasteiger partial charge is 0.258 e. The first-order valence-corrected chi connectivity index (χ1v) is 10.7. The van der Waals surface area contributed by atoms with E-state index in [-0.39, 0.29) is 36.3 Å². The molecule has 3 N–H and O–H groups in total. The number of carbonyl (C=O) groups excluding carboxylic acids is 1. The van der Waals surface area contributed by atoms with Gasteiger partial charge >= 0.3 is 0 Å². The maximum absolute atomic E-state index is 13.6. The quantitative estimate of drug-likeness (QED) is 0.553. The van der Waals surface area contributed by atoms with Crippen molar-refractivity contribution in [2.45, 2.75) is 25.8 Å². The molecule has 0 spiro atoms. The molecule has 0 bridgehead atoms. The molecule has 0 unspecified atom stereocenters. The van der Waals surface area contributed by atoms with Gasteiger partial charge in [-0.3, -0.25) is 4.79 Å². The molecule has 1 saturated heterocycles. The molecule has 2 aromatic rings. The number of nitrogens with zero attached hydrogens (tertiary/aromatic N) is 1. The molecule has 190 valence electrons. The average Bonchev–Trinajstić information content (AvgIpc) is 2.78. The summed E-state index contributed by atoms with van der Waals surface area (Å²) >= 11 is 0. The van der Waals surface area contributed by atoms with Crippen molar-refractivity contribution < 1.29 is 23.7 Å². The van der Waals surface area contributed by atoms with E-state index in [1.807, 2.05) is 43.0 Å². The molecule has 0 aliphatic carbocycles. The SMILES string of the molecule is COc1c(Oc2ccc(CCN)cc2)cc(C(=O)N2CCNCC2(C)C)c(OC)c1OC.Cl.Cl. The van der Waals surface area contributed by atoms with Crippen LogP contribution in [0.2, 0.25) is 0 Å². The third-order valence-electron chi connectivity index (χ3n) is 5.63. The summed E-state index contributed by atoms with van der Waals surface area (Å²) in [5, 5.41) is 3.34. The minimum atomic E-state index is -0.354. The maximum atomic E-state index is 13.6. The number of rotatable bonds is 8. The summed E-state index contributed by atoms with van der Waals surface area (Å²) in [6, 6.07) is 9.31. The van der Waals surface area contributed by atoms with Crippen molar-refractivity contribution >= 4 is 30.7 Å². The summed E-state index contributed by atoms with van der Waals surface area (Å²) in [5.74, 6) is 1.80. The molecule has 10 heteroatoms. The van der Waals surface area contributed by atoms with Crippen molar-refractivity contribution in [3.8, 4) is 28.7 Å². The van der Waals surface area contributed by atoms with Crippen LogP contribution in [0.25, 0.3) is 0 Å². The van der Waals surface area contributed by atoms with Crippen LogP contribution < -0.4 is 30.0 Å². The van der Waals surface area contributed by atoms with E-state index in [1.165, 1.54) is 21.3 Å². The number of amides is 1. The summed E-state index contributed by atoms with van der Waals surface area (Å²) in [4.78, 5) is 15.5. The fourth-order valence-corrected chi connectivity index (χ4v) is 3.94. The largest absolute Gasteiger partial charge is 0.492 e. The van der Waals surface area contributed by atoms with Gasteiger partial charge in [0.25, 0.3) is 5.91 Å². The van der Waals surface area contributed by atoms with E-state index >= 15 is 0 Å². The molecule has 0 saturated carbocycles. The lowest BCUT2D eigenvalue weighted by atomic mass is 9.98. The number of carbonyl (C=O) groups is 1. The van der Waals surface area contributed by atoms with E-state index in [0.717, 1.165) is 18.5 Å². The zero-order valence-corrected chi connectivity index (χ0v) is 21.9. The highest BCUT2D eigenvalue weighted by Gasteiger charge is 2.36. The number of benzene rings is 2. The summed E-state index contributed by atoms with van der Waals surface area (Å²) in [6.07, 6.45) is 0.791. The van der Waals surface area contributed by atoms with Gasteiger partial charge < -0.3 is 34.9 Å². The second-order valence-corrected chi connectivity index (χ2v) is 8.25. The lowest BCUT2D eigenvalue weighted by Gasteiger charge is -2.43. The van der Waals surface area contributed by atoms with Gasteiger partial charge in [0.15, 0.2) is 11.5 Å². The van der Waals surface area contributed by atoms with E-state index < -0.39 is 0 Å². The zero-order valence-electron chi connectivity index (χ0n) is 20.3. The molecule has 1 fully saturated rings. The Hall–Kier alpha value is -2.39. The summed E-state index contributed by atoms with van der Waals surface area (Å²) in [7, 11) is 4.54. The Bertz CT molecular complexity index is 955. The first kappa shape index (κ1) is 29.6. The number of hydrogen-bond acceptors (Lipinski definition) is 7. The van der Waals surface area contributed by atoms with Gasteiger partial charge in [-0.05, 0) is 44.5 Å². The standard InChI is InChI=1S/C24H33N3O5.2ClH/c1-24(2)15-26-12-13-27(24)23(28)18-14-19(21(30-4)22(31-5)20(18)29-3)32-17-8-6-16(7-9-17)10-11-25;;/h6-9,14,26H,10-13,15,25H2,1-5H3;2*1H. The van der Waals surface area contributed by atoms with Crippen LogP contribution in [-0.2, 0) is 6.42 Å². The highest BCUT2D eigenvalue weighted by molar-refractivity contribution is 5.99. The minimum Gasteiger partial charge on any atom is -0.492 e. The molecule has 2 aromatic carbocycles. The number of nitrogens with two attached hydrogens (primary N) is 1. The fraction of sp³-hybridized carbons (Fsp3) is 0.458. The van der Waals surface area contributed by atoms with E-state index in [1.54, 1.807) is 6.07 Å². The molecule has 0 atom stereocenters. The third kappa shape index (κ3) is 6.18. The Morgan fingerprint density at radius 3 is 2.18 bits per heavy atom. The number of hydrogen-bond donors (Lipinski definition) is 2. The summed E-state index contributed by atoms with van der Waals surface area (Å²) in [5.41, 5.74) is 6.76. The van der Waals surface area contributed by atoms with Crippen LogP contribution in [0.3, 0.4) is 0 Å². The third-order valence-corrected chi connectivity index (χ3v) is 5.63. The number of ether oxygens (including phenoxy) is 4. The average molecular weight is 516 g/mol. The van der Waals surface area contributed by atoms with Crippen molar-refractivity contribution in [3.05, 3.63) is 41.5 Å². The predicted octanol–water partition coefficient (Wildman–Crippen LogP) is 3.67. The van der Waals surface area contributed by atoms with Crippen LogP contribution in [0, 0.1) is 0 Å². The molecular weight excluding hydrogens is 481 g/mol. The first-order chi connectivity index (χ1) is 15.4. The highest BCUT2D eigenvalue weighted by Crippen LogP contribution is 2.48. The van der Waals surface area contributed by atoms with Gasteiger partial charge in [0, 0.05) is 25.7 Å². The molecule has 0 aromatic heterocycles. The van der Waals surface area contributed by atoms with Crippen LogP contribution in [0.5, 0.6) is 28.7 Å². The molecule has 1 amide bonds. The Morgan fingerprint density at radius 1 is 1.03 bits per heavy atom. The maximum Gasteiger partial charge on any atom is 0.258 e. The summed E-state index contributed by atoms with van der Waals surface area (Å²) in [6.45, 7) is 6.66. The van der Waals surface area contributed by atoms with Crippen LogP contribution in [-0.4, -0.2) is 63.9 Å². The van der Waals surface area contributed by atoms with Gasteiger partial charge in [-0.15, -0.1) is 24.8 Å². The van der Waals surface area contributed by atoms with E-state index in [4.69, 9.17) is 24.7 Å². The van der Waals surface area contributed by atoms with Crippen LogP contribution in [0.15, 0.2) is 30.3 Å². The zero-order chi connectivity index (χ0) is 23.3. The molecule has 1 heterocycles. The Kier molecular flexibility index (Phi) is 11.2. The van der Waals surface area contributed by atoms with Crippen molar-refractivity contribution in [3.63, 3.8) is 0 Å². The second-order valence-electron chi connectivity index (χ2n) is 8.25. The monoisotopic (exact) mass is 515 g/mol. The summed E-state index contributed by atoms with van der Waals surface area (Å²) < 4.78 is 22.9. The molecular formula is C24H35Cl2N3O5. The van der Waals surface area contributed by atoms with E-state index in [0.29, 0.717) is 53.9 Å². The van der Waals surface area contributed by atoms with Crippen LogP contribution >= 0.6 is 24.8 Å². The highest BCUT2D eigenvalue weighted by atomic mass is 35.5. The van der Waals surface area contributed by atoms with Crippen molar-refractivity contribution in [2.24, 2.45) is 5.73 Å². The minimum absolute atomic E-state index is 0. The Labute approximate surface area is 213 Å². The fourth-order valence-electron chi connectivity index (χ4n) is 3.94. The molecule has 0 radical (unpaired) electrons. The number of methoxy groups -OCH3 is 3. The van der Waals surface area contributed by atoms with Gasteiger partial charge in [-0.1, -0.05) is 12.1 Å². The molecule has 8 nitrogen and oxygen atoms in total. The van der Waals surface area contributed by atoms with E-state index in [9.17, 15) is 4.79 Å². The van der Waals surface area contributed by atoms with Gasteiger partial charge in [0.2, 0.25) is 11.5 Å². The van der Waals surface area contributed by atoms with Crippen LogP contribution in [0.4, 0.5) is 0 Å². The molecule has 34 heavy (non-hydrogen) atoms. The second kappa shape index (κ2) is 12.9. The predicted molar refractivity (Wildman–Crippen MR) is 138 cm³/mol. The number of nitrogens with one attached hydrogen (secondary N) is 1. The van der Waals surface area contributed by atoms with Crippen molar-refractivity contribution in [1.82, 2.24) is 10.2 Å². The van der Waals surface area contributed by atoms with Crippen molar-refractivity contribution in [2.75, 3.05) is 47.5 Å². The molecule has 3 rings (SSSR count). The topological polar surface area (TPSA) is 95.3 Å². The molecule has 1 aliphatic heterocycles. The van der Waals surface area contributed by atoms with Crippen molar-refractivity contribution in [1.29, 1.82) is 0 Å². The van der Waals surface area contributed by atoms with Crippen LogP contribution in [0.1, 0.15) is 29.8 Å². The lowest BCUT2D eigenvalue weighted by molar-refractivity contribution is 0.0473. The van der Waals surface area contributed by atoms with Gasteiger partial charge in [-0.25, -0.2) is 0 Å². The molecule has 1 aliphatic rings. The number of piperazine rings is 1. The van der Waals surface area contributed by atoms with Gasteiger partial charge in [-0.2, -0.15) is 0 Å². The lowest BCUT2D eigenvalue weighted by Crippen LogP contribution is -2.59. The normalized spacial score (nSPS) is 14.4. The Balaban J connectivity index is 0.00000289. The van der Waals surface area contributed by atoms with Gasteiger partial charge in [0.1, 0.15) is 5.75 Å². The Morgan fingerprint density at radius 2 is 1.65 bits per heavy atom. The van der Waals surface area contributed by atoms with Gasteiger partial charge in [0.05, 0.1) is 32.4 Å². The first-order valence-electron chi connectivity index (χ1n) is 10.7. The van der Waals surface area contributed by atoms with E-state index in [2.05, 4.69) is 5.32 Å². The number of halogens is 2.